The first-order valence-electron chi connectivity index (χ1n) is 10.1. The summed E-state index contributed by atoms with van der Waals surface area (Å²) in [5.41, 5.74) is -0.0539. The first kappa shape index (κ1) is 23.0. The highest BCUT2D eigenvalue weighted by atomic mass is 16.5. The van der Waals surface area contributed by atoms with E-state index in [2.05, 4.69) is 0 Å². The van der Waals surface area contributed by atoms with Gasteiger partial charge in [0.05, 0.1) is 26.4 Å². The summed E-state index contributed by atoms with van der Waals surface area (Å²) in [5.74, 6) is 0.325. The molecule has 4 rings (SSSR count). The number of aliphatic hydroxyl groups excluding tert-OH is 4. The molecule has 1 aliphatic heterocycles. The number of fused-ring (bicyclic) bond motifs is 1. The van der Waals surface area contributed by atoms with Gasteiger partial charge in [-0.3, -0.25) is 4.79 Å². The average Bonchev–Trinajstić information content (AvgIpc) is 2.82. The van der Waals surface area contributed by atoms with Crippen LogP contribution in [-0.4, -0.2) is 70.8 Å². The van der Waals surface area contributed by atoms with Crippen molar-refractivity contribution in [2.45, 2.75) is 30.5 Å². The molecule has 0 bridgehead atoms. The molecule has 2 heterocycles. The highest BCUT2D eigenvalue weighted by Crippen LogP contribution is 2.45. The molecule has 1 saturated heterocycles. The zero-order valence-corrected chi connectivity index (χ0v) is 17.8. The van der Waals surface area contributed by atoms with Crippen LogP contribution in [0.25, 0.3) is 22.3 Å². The zero-order chi connectivity index (χ0) is 23.9. The minimum absolute atomic E-state index is 0.0133. The van der Waals surface area contributed by atoms with Gasteiger partial charge in [-0.05, 0) is 24.3 Å². The first-order chi connectivity index (χ1) is 15.8. The molecule has 0 saturated carbocycles. The largest absolute Gasteiger partial charge is 0.506 e. The maximum absolute atomic E-state index is 13.0. The van der Waals surface area contributed by atoms with Gasteiger partial charge in [0.25, 0.3) is 0 Å². The van der Waals surface area contributed by atoms with Crippen molar-refractivity contribution in [3.05, 3.63) is 52.2 Å². The summed E-state index contributed by atoms with van der Waals surface area (Å²) >= 11 is 0. The number of rotatable bonds is 5. The second kappa shape index (κ2) is 9.00. The molecular weight excluding hydrogens is 436 g/mol. The topological polar surface area (TPSA) is 159 Å². The molecule has 176 valence electrons. The Hall–Kier alpha value is -3.15. The van der Waals surface area contributed by atoms with Crippen LogP contribution < -0.4 is 14.9 Å². The van der Waals surface area contributed by atoms with Crippen LogP contribution in [0.4, 0.5) is 0 Å². The number of methoxy groups -OCH3 is 2. The van der Waals surface area contributed by atoms with Crippen molar-refractivity contribution in [3.8, 4) is 28.6 Å². The highest BCUT2D eigenvalue weighted by molar-refractivity contribution is 5.88. The Morgan fingerprint density at radius 2 is 1.67 bits per heavy atom. The first-order valence-corrected chi connectivity index (χ1v) is 10.1. The van der Waals surface area contributed by atoms with Crippen molar-refractivity contribution >= 4 is 11.0 Å². The predicted octanol–water partition coefficient (Wildman–Crippen LogP) is 0.698. The molecule has 1 aromatic heterocycles. The van der Waals surface area contributed by atoms with Gasteiger partial charge in [0, 0.05) is 17.7 Å². The molecule has 0 spiro atoms. The molecule has 0 amide bonds. The summed E-state index contributed by atoms with van der Waals surface area (Å²) in [6.07, 6.45) is -7.53. The quantitative estimate of drug-likeness (QED) is 0.367. The second-order valence-electron chi connectivity index (χ2n) is 7.67. The minimum atomic E-state index is -1.68. The van der Waals surface area contributed by atoms with Crippen LogP contribution in [-0.2, 0) is 4.74 Å². The highest BCUT2D eigenvalue weighted by Gasteiger charge is 2.46. The molecule has 1 fully saturated rings. The number of phenolic OH excluding ortho intramolecular Hbond substituents is 1. The van der Waals surface area contributed by atoms with Crippen LogP contribution in [0.15, 0.2) is 45.6 Å². The normalized spacial score (nSPS) is 25.2. The lowest BCUT2D eigenvalue weighted by molar-refractivity contribution is -0.232. The van der Waals surface area contributed by atoms with E-state index in [0.29, 0.717) is 11.3 Å². The Balaban J connectivity index is 1.86. The molecular formula is C23H24O10. The van der Waals surface area contributed by atoms with E-state index in [4.69, 9.17) is 18.6 Å². The molecule has 0 unspecified atom stereocenters. The van der Waals surface area contributed by atoms with Crippen molar-refractivity contribution in [3.63, 3.8) is 0 Å². The maximum atomic E-state index is 13.0. The molecule has 5 atom stereocenters. The van der Waals surface area contributed by atoms with Gasteiger partial charge in [-0.2, -0.15) is 0 Å². The minimum Gasteiger partial charge on any atom is -0.506 e. The van der Waals surface area contributed by atoms with E-state index in [9.17, 15) is 30.3 Å². The summed E-state index contributed by atoms with van der Waals surface area (Å²) in [6.45, 7) is -0.647. The lowest BCUT2D eigenvalue weighted by atomic mass is 9.89. The SMILES string of the molecule is COc1ccc(-c2cc(=O)c3c(O)c([C@H]4O[C@H](CO)[C@@H](O)[C@H](O)[C@H]4O)c(OC)cc3o2)cc1. The van der Waals surface area contributed by atoms with E-state index in [1.54, 1.807) is 24.3 Å². The number of hydrogen-bond acceptors (Lipinski definition) is 10. The Morgan fingerprint density at radius 1 is 0.970 bits per heavy atom. The van der Waals surface area contributed by atoms with Crippen LogP contribution >= 0.6 is 0 Å². The monoisotopic (exact) mass is 460 g/mol. The van der Waals surface area contributed by atoms with Gasteiger partial charge >= 0.3 is 0 Å². The summed E-state index contributed by atoms with van der Waals surface area (Å²) in [4.78, 5) is 13.0. The molecule has 2 aromatic carbocycles. The van der Waals surface area contributed by atoms with Gasteiger partial charge in [0.1, 0.15) is 64.5 Å². The summed E-state index contributed by atoms with van der Waals surface area (Å²) in [5, 5.41) is 51.0. The van der Waals surface area contributed by atoms with Gasteiger partial charge in [-0.15, -0.1) is 0 Å². The Kier molecular flexibility index (Phi) is 6.28. The predicted molar refractivity (Wildman–Crippen MR) is 115 cm³/mol. The van der Waals surface area contributed by atoms with Crippen LogP contribution in [0.1, 0.15) is 11.7 Å². The molecule has 10 heteroatoms. The number of aromatic hydroxyl groups is 1. The number of phenols is 1. The lowest BCUT2D eigenvalue weighted by Gasteiger charge is -2.40. The Labute approximate surface area is 187 Å². The van der Waals surface area contributed by atoms with Gasteiger partial charge in [0.15, 0.2) is 5.43 Å². The third-order valence-electron chi connectivity index (χ3n) is 5.77. The van der Waals surface area contributed by atoms with E-state index in [1.165, 1.54) is 26.4 Å². The van der Waals surface area contributed by atoms with Crippen molar-refractivity contribution in [2.24, 2.45) is 0 Å². The van der Waals surface area contributed by atoms with Crippen molar-refractivity contribution in [1.82, 2.24) is 0 Å². The third kappa shape index (κ3) is 3.92. The lowest BCUT2D eigenvalue weighted by Crippen LogP contribution is -2.55. The van der Waals surface area contributed by atoms with Gasteiger partial charge in [-0.1, -0.05) is 0 Å². The molecule has 3 aromatic rings. The van der Waals surface area contributed by atoms with E-state index in [1.807, 2.05) is 0 Å². The standard InChI is InChI=1S/C23H24O10/c1-30-11-5-3-10(4-6-11)13-7-12(25)17-15(32-13)8-14(31-2)18(20(17)27)23-22(29)21(28)19(26)16(9-24)33-23/h3-8,16,19,21-24,26-29H,9H2,1-2H3/t16-,19-,21+,22-,23-/m1/s1. The molecule has 33 heavy (non-hydrogen) atoms. The fraction of sp³-hybridized carbons (Fsp3) is 0.348. The number of aliphatic hydroxyl groups is 4. The molecule has 10 nitrogen and oxygen atoms in total. The fourth-order valence-corrected chi connectivity index (χ4v) is 3.98. The average molecular weight is 460 g/mol. The molecule has 5 N–H and O–H groups in total. The number of benzene rings is 2. The fourth-order valence-electron chi connectivity index (χ4n) is 3.98. The van der Waals surface area contributed by atoms with Crippen molar-refractivity contribution in [2.75, 3.05) is 20.8 Å². The zero-order valence-electron chi connectivity index (χ0n) is 17.8. The number of ether oxygens (including phenoxy) is 3. The van der Waals surface area contributed by atoms with E-state index >= 15 is 0 Å². The molecule has 1 aliphatic rings. The third-order valence-corrected chi connectivity index (χ3v) is 5.77. The Morgan fingerprint density at radius 3 is 2.27 bits per heavy atom. The van der Waals surface area contributed by atoms with Crippen LogP contribution in [0.3, 0.4) is 0 Å². The summed E-state index contributed by atoms with van der Waals surface area (Å²) in [7, 11) is 2.84. The smallest absolute Gasteiger partial charge is 0.197 e. The van der Waals surface area contributed by atoms with Gasteiger partial charge in [-0.25, -0.2) is 0 Å². The van der Waals surface area contributed by atoms with Gasteiger partial charge < -0.3 is 44.2 Å². The van der Waals surface area contributed by atoms with Crippen molar-refractivity contribution < 1.29 is 44.2 Å². The van der Waals surface area contributed by atoms with E-state index < -0.39 is 48.3 Å². The number of hydrogen-bond donors (Lipinski definition) is 5. The van der Waals surface area contributed by atoms with Crippen molar-refractivity contribution in [1.29, 1.82) is 0 Å². The second-order valence-corrected chi connectivity index (χ2v) is 7.67. The van der Waals surface area contributed by atoms with E-state index in [-0.39, 0.29) is 28.0 Å². The van der Waals surface area contributed by atoms with E-state index in [0.717, 1.165) is 0 Å². The summed E-state index contributed by atoms with van der Waals surface area (Å²) in [6, 6.07) is 9.41. The Bertz CT molecular complexity index is 1200. The molecule has 0 aliphatic carbocycles. The maximum Gasteiger partial charge on any atom is 0.197 e. The van der Waals surface area contributed by atoms with Gasteiger partial charge in [0.2, 0.25) is 0 Å². The van der Waals surface area contributed by atoms with Crippen LogP contribution in [0.5, 0.6) is 17.2 Å². The molecule has 0 radical (unpaired) electrons. The van der Waals surface area contributed by atoms with Crippen LogP contribution in [0, 0.1) is 0 Å². The summed E-state index contributed by atoms with van der Waals surface area (Å²) < 4.78 is 21.9. The van der Waals surface area contributed by atoms with Crippen LogP contribution in [0.2, 0.25) is 0 Å².